The SMILES string of the molecule is CC(C)NC(C)(CO)CC(C)OC1CCC(C)C(C)C1. The van der Waals surface area contributed by atoms with Gasteiger partial charge >= 0.3 is 0 Å². The summed E-state index contributed by atoms with van der Waals surface area (Å²) in [4.78, 5) is 0. The van der Waals surface area contributed by atoms with Gasteiger partial charge in [-0.15, -0.1) is 0 Å². The summed E-state index contributed by atoms with van der Waals surface area (Å²) < 4.78 is 6.24. The van der Waals surface area contributed by atoms with Crippen LogP contribution in [-0.2, 0) is 4.74 Å². The van der Waals surface area contributed by atoms with E-state index in [-0.39, 0.29) is 18.2 Å². The predicted octanol–water partition coefficient (Wildman–Crippen LogP) is 3.36. The second kappa shape index (κ2) is 7.77. The van der Waals surface area contributed by atoms with Crippen molar-refractivity contribution in [2.24, 2.45) is 11.8 Å². The standard InChI is InChI=1S/C17H35NO2/c1-12(2)18-17(6,11-19)10-15(5)20-16-8-7-13(3)14(4)9-16/h12-16,18-19H,7-11H2,1-6H3. The number of aliphatic hydroxyl groups is 1. The van der Waals surface area contributed by atoms with Gasteiger partial charge in [0.2, 0.25) is 0 Å². The van der Waals surface area contributed by atoms with Crippen LogP contribution < -0.4 is 5.32 Å². The first-order valence-electron chi connectivity index (χ1n) is 8.29. The number of nitrogens with one attached hydrogen (secondary N) is 1. The van der Waals surface area contributed by atoms with E-state index in [2.05, 4.69) is 46.9 Å². The first kappa shape index (κ1) is 17.9. The van der Waals surface area contributed by atoms with Crippen molar-refractivity contribution >= 4 is 0 Å². The zero-order chi connectivity index (χ0) is 15.3. The van der Waals surface area contributed by atoms with Gasteiger partial charge in [-0.1, -0.05) is 27.7 Å². The van der Waals surface area contributed by atoms with Gasteiger partial charge in [-0.2, -0.15) is 0 Å². The predicted molar refractivity (Wildman–Crippen MR) is 84.9 cm³/mol. The average molecular weight is 285 g/mol. The van der Waals surface area contributed by atoms with E-state index in [1.54, 1.807) is 0 Å². The minimum atomic E-state index is -0.249. The minimum absolute atomic E-state index is 0.150. The van der Waals surface area contributed by atoms with E-state index in [4.69, 9.17) is 4.74 Å². The fraction of sp³-hybridized carbons (Fsp3) is 1.00. The summed E-state index contributed by atoms with van der Waals surface area (Å²) in [6, 6.07) is 0.370. The molecule has 0 heterocycles. The number of hydrogen-bond acceptors (Lipinski definition) is 3. The quantitative estimate of drug-likeness (QED) is 0.753. The van der Waals surface area contributed by atoms with Crippen LogP contribution in [0.15, 0.2) is 0 Å². The van der Waals surface area contributed by atoms with Crippen molar-refractivity contribution < 1.29 is 9.84 Å². The van der Waals surface area contributed by atoms with Crippen molar-refractivity contribution in [2.75, 3.05) is 6.61 Å². The van der Waals surface area contributed by atoms with Crippen LogP contribution in [0.5, 0.6) is 0 Å². The Morgan fingerprint density at radius 1 is 1.20 bits per heavy atom. The Morgan fingerprint density at radius 3 is 2.35 bits per heavy atom. The normalized spacial score (nSPS) is 32.1. The topological polar surface area (TPSA) is 41.5 Å². The first-order valence-corrected chi connectivity index (χ1v) is 8.29. The maximum Gasteiger partial charge on any atom is 0.0611 e. The summed E-state index contributed by atoms with van der Waals surface area (Å²) in [7, 11) is 0. The van der Waals surface area contributed by atoms with Crippen LogP contribution in [0.2, 0.25) is 0 Å². The Bertz CT molecular complexity index is 282. The van der Waals surface area contributed by atoms with Gasteiger partial charge in [0.25, 0.3) is 0 Å². The lowest BCUT2D eigenvalue weighted by atomic mass is 9.80. The van der Waals surface area contributed by atoms with Gasteiger partial charge in [0.1, 0.15) is 0 Å². The largest absolute Gasteiger partial charge is 0.394 e. The van der Waals surface area contributed by atoms with Gasteiger partial charge in [0.15, 0.2) is 0 Å². The Labute approximate surface area is 125 Å². The molecule has 0 bridgehead atoms. The molecule has 1 fully saturated rings. The van der Waals surface area contributed by atoms with Crippen molar-refractivity contribution in [3.05, 3.63) is 0 Å². The molecule has 0 spiro atoms. The summed E-state index contributed by atoms with van der Waals surface area (Å²) in [6.07, 6.45) is 5.08. The van der Waals surface area contributed by atoms with E-state index in [9.17, 15) is 5.11 Å². The molecule has 20 heavy (non-hydrogen) atoms. The molecule has 5 unspecified atom stereocenters. The Hall–Kier alpha value is -0.120. The fourth-order valence-electron chi connectivity index (χ4n) is 3.50. The van der Waals surface area contributed by atoms with E-state index < -0.39 is 0 Å². The highest BCUT2D eigenvalue weighted by molar-refractivity contribution is 4.86. The summed E-state index contributed by atoms with van der Waals surface area (Å²) >= 11 is 0. The summed E-state index contributed by atoms with van der Waals surface area (Å²) in [5.74, 6) is 1.59. The molecule has 2 N–H and O–H groups in total. The highest BCUT2D eigenvalue weighted by atomic mass is 16.5. The molecule has 0 aromatic heterocycles. The zero-order valence-electron chi connectivity index (χ0n) is 14.3. The molecule has 0 aromatic carbocycles. The van der Waals surface area contributed by atoms with Gasteiger partial charge in [-0.3, -0.25) is 0 Å². The highest BCUT2D eigenvalue weighted by Gasteiger charge is 2.30. The number of aliphatic hydroxyl groups excluding tert-OH is 1. The van der Waals surface area contributed by atoms with Crippen LogP contribution in [-0.4, -0.2) is 35.5 Å². The first-order chi connectivity index (χ1) is 9.25. The van der Waals surface area contributed by atoms with Gasteiger partial charge in [-0.05, 0) is 51.4 Å². The second-order valence-corrected chi connectivity index (χ2v) is 7.56. The average Bonchev–Trinajstić information content (AvgIpc) is 2.32. The number of hydrogen-bond donors (Lipinski definition) is 2. The van der Waals surface area contributed by atoms with Gasteiger partial charge in [-0.25, -0.2) is 0 Å². The van der Waals surface area contributed by atoms with Crippen molar-refractivity contribution in [3.8, 4) is 0 Å². The lowest BCUT2D eigenvalue weighted by Crippen LogP contribution is -2.51. The van der Waals surface area contributed by atoms with Crippen LogP contribution in [0.1, 0.15) is 67.2 Å². The van der Waals surface area contributed by atoms with Crippen molar-refractivity contribution in [1.29, 1.82) is 0 Å². The maximum absolute atomic E-state index is 9.65. The maximum atomic E-state index is 9.65. The molecule has 0 radical (unpaired) electrons. The molecule has 1 aliphatic carbocycles. The summed E-state index contributed by atoms with van der Waals surface area (Å²) in [6.45, 7) is 13.3. The molecule has 0 aliphatic heterocycles. The Kier molecular flexibility index (Phi) is 6.96. The molecular weight excluding hydrogens is 250 g/mol. The zero-order valence-corrected chi connectivity index (χ0v) is 14.3. The van der Waals surface area contributed by atoms with E-state index in [1.807, 2.05) is 0 Å². The molecule has 1 saturated carbocycles. The van der Waals surface area contributed by atoms with Crippen LogP contribution in [0.4, 0.5) is 0 Å². The third kappa shape index (κ3) is 5.71. The molecule has 3 heteroatoms. The third-order valence-electron chi connectivity index (χ3n) is 4.70. The summed E-state index contributed by atoms with van der Waals surface area (Å²) in [5, 5.41) is 13.1. The highest BCUT2D eigenvalue weighted by Crippen LogP contribution is 2.32. The van der Waals surface area contributed by atoms with Crippen molar-refractivity contribution in [3.63, 3.8) is 0 Å². The molecule has 1 rings (SSSR count). The third-order valence-corrected chi connectivity index (χ3v) is 4.70. The molecule has 120 valence electrons. The smallest absolute Gasteiger partial charge is 0.0611 e. The Morgan fingerprint density at radius 2 is 1.85 bits per heavy atom. The second-order valence-electron chi connectivity index (χ2n) is 7.56. The van der Waals surface area contributed by atoms with Gasteiger partial charge < -0.3 is 15.2 Å². The fourth-order valence-corrected chi connectivity index (χ4v) is 3.50. The molecular formula is C17H35NO2. The lowest BCUT2D eigenvalue weighted by molar-refractivity contribution is -0.0552. The van der Waals surface area contributed by atoms with Crippen LogP contribution in [0.25, 0.3) is 0 Å². The molecule has 1 aliphatic rings. The molecule has 0 aromatic rings. The van der Waals surface area contributed by atoms with Crippen LogP contribution in [0.3, 0.4) is 0 Å². The molecule has 0 saturated heterocycles. The number of ether oxygens (including phenoxy) is 1. The monoisotopic (exact) mass is 285 g/mol. The molecule has 5 atom stereocenters. The summed E-state index contributed by atoms with van der Waals surface area (Å²) in [5.41, 5.74) is -0.249. The molecule has 0 amide bonds. The minimum Gasteiger partial charge on any atom is -0.394 e. The number of rotatable bonds is 7. The molecule has 3 nitrogen and oxygen atoms in total. The lowest BCUT2D eigenvalue weighted by Gasteiger charge is -2.37. The van der Waals surface area contributed by atoms with Gasteiger partial charge in [0.05, 0.1) is 18.8 Å². The Balaban J connectivity index is 2.44. The van der Waals surface area contributed by atoms with Crippen LogP contribution in [0, 0.1) is 11.8 Å². The van der Waals surface area contributed by atoms with E-state index in [1.165, 1.54) is 19.3 Å². The van der Waals surface area contributed by atoms with Crippen molar-refractivity contribution in [2.45, 2.75) is 91.0 Å². The van der Waals surface area contributed by atoms with Crippen molar-refractivity contribution in [1.82, 2.24) is 5.32 Å². The van der Waals surface area contributed by atoms with E-state index in [0.29, 0.717) is 12.1 Å². The van der Waals surface area contributed by atoms with E-state index >= 15 is 0 Å². The van der Waals surface area contributed by atoms with Gasteiger partial charge in [0, 0.05) is 11.6 Å². The van der Waals surface area contributed by atoms with E-state index in [0.717, 1.165) is 18.3 Å². The van der Waals surface area contributed by atoms with Crippen LogP contribution >= 0.6 is 0 Å².